The molecule has 1 unspecified atom stereocenters. The molecular formula is C16H15BrN2O. The van der Waals surface area contributed by atoms with Crippen molar-refractivity contribution in [3.05, 3.63) is 64.1 Å². The number of benzene rings is 1. The van der Waals surface area contributed by atoms with E-state index in [2.05, 4.69) is 51.4 Å². The number of nitrogens with zero attached hydrogens (tertiary/aromatic N) is 1. The second kappa shape index (κ2) is 5.38. The van der Waals surface area contributed by atoms with Crippen molar-refractivity contribution < 1.29 is 4.42 Å². The number of rotatable bonds is 3. The number of aromatic nitrogens is 1. The summed E-state index contributed by atoms with van der Waals surface area (Å²) in [4.78, 5) is 4.22. The lowest BCUT2D eigenvalue weighted by atomic mass is 10.1. The lowest BCUT2D eigenvalue weighted by molar-refractivity contribution is 0.490. The number of nitrogens with one attached hydrogen (secondary N) is 1. The van der Waals surface area contributed by atoms with Gasteiger partial charge in [-0.1, -0.05) is 18.2 Å². The molecule has 3 nitrogen and oxygen atoms in total. The van der Waals surface area contributed by atoms with Gasteiger partial charge < -0.3 is 9.73 Å². The zero-order valence-corrected chi connectivity index (χ0v) is 12.9. The first-order chi connectivity index (χ1) is 9.69. The van der Waals surface area contributed by atoms with E-state index in [-0.39, 0.29) is 6.04 Å². The third kappa shape index (κ3) is 2.37. The van der Waals surface area contributed by atoms with Crippen LogP contribution in [0, 0.1) is 6.92 Å². The molecule has 1 N–H and O–H groups in total. The van der Waals surface area contributed by atoms with Crippen LogP contribution < -0.4 is 5.32 Å². The maximum atomic E-state index is 6.04. The van der Waals surface area contributed by atoms with Gasteiger partial charge in [-0.05, 0) is 53.2 Å². The molecule has 1 atom stereocenters. The summed E-state index contributed by atoms with van der Waals surface area (Å²) in [5.74, 6) is 0.900. The molecule has 3 rings (SSSR count). The lowest BCUT2D eigenvalue weighted by Gasteiger charge is -2.13. The average molecular weight is 331 g/mol. The Morgan fingerprint density at radius 3 is 2.80 bits per heavy atom. The van der Waals surface area contributed by atoms with Crippen molar-refractivity contribution in [2.75, 3.05) is 7.05 Å². The van der Waals surface area contributed by atoms with E-state index >= 15 is 0 Å². The fraction of sp³-hybridized carbons (Fsp3) is 0.188. The molecule has 3 aromatic rings. The highest BCUT2D eigenvalue weighted by atomic mass is 79.9. The highest BCUT2D eigenvalue weighted by molar-refractivity contribution is 9.10. The van der Waals surface area contributed by atoms with Gasteiger partial charge >= 0.3 is 0 Å². The Labute approximate surface area is 126 Å². The largest absolute Gasteiger partial charge is 0.459 e. The van der Waals surface area contributed by atoms with Crippen LogP contribution in [0.2, 0.25) is 0 Å². The van der Waals surface area contributed by atoms with Crippen molar-refractivity contribution in [3.8, 4) is 0 Å². The van der Waals surface area contributed by atoms with Crippen LogP contribution >= 0.6 is 15.9 Å². The maximum absolute atomic E-state index is 6.04. The molecule has 0 radical (unpaired) electrons. The molecule has 0 aliphatic heterocycles. The summed E-state index contributed by atoms with van der Waals surface area (Å²) < 4.78 is 7.00. The van der Waals surface area contributed by atoms with Crippen LogP contribution in [0.25, 0.3) is 11.0 Å². The van der Waals surface area contributed by atoms with E-state index in [9.17, 15) is 0 Å². The number of fused-ring (bicyclic) bond motifs is 1. The van der Waals surface area contributed by atoms with Crippen molar-refractivity contribution in [1.29, 1.82) is 0 Å². The minimum atomic E-state index is -0.00759. The molecule has 0 spiro atoms. The third-order valence-corrected chi connectivity index (χ3v) is 3.83. The molecule has 0 amide bonds. The number of hydrogen-bond acceptors (Lipinski definition) is 3. The number of hydrogen-bond donors (Lipinski definition) is 1. The first-order valence-corrected chi connectivity index (χ1v) is 7.25. The van der Waals surface area contributed by atoms with E-state index in [1.807, 2.05) is 25.4 Å². The summed E-state index contributed by atoms with van der Waals surface area (Å²) in [5.41, 5.74) is 3.17. The Morgan fingerprint density at radius 2 is 2.10 bits per heavy atom. The van der Waals surface area contributed by atoms with E-state index in [0.29, 0.717) is 0 Å². The predicted molar refractivity (Wildman–Crippen MR) is 83.8 cm³/mol. The summed E-state index contributed by atoms with van der Waals surface area (Å²) in [6.07, 6.45) is 3.63. The molecule has 0 bridgehead atoms. The van der Waals surface area contributed by atoms with Crippen LogP contribution in [0.1, 0.15) is 22.9 Å². The topological polar surface area (TPSA) is 38.1 Å². The van der Waals surface area contributed by atoms with Crippen molar-refractivity contribution in [3.63, 3.8) is 0 Å². The normalized spacial score (nSPS) is 12.8. The predicted octanol–water partition coefficient (Wildman–Crippen LogP) is 4.21. The van der Waals surface area contributed by atoms with Crippen molar-refractivity contribution in [2.24, 2.45) is 0 Å². The fourth-order valence-electron chi connectivity index (χ4n) is 2.43. The molecule has 2 aromatic heterocycles. The van der Waals surface area contributed by atoms with Gasteiger partial charge in [-0.25, -0.2) is 0 Å². The van der Waals surface area contributed by atoms with Crippen LogP contribution in [0.4, 0.5) is 0 Å². The van der Waals surface area contributed by atoms with Crippen LogP contribution in [0.3, 0.4) is 0 Å². The molecular weight excluding hydrogens is 316 g/mol. The second-order valence-electron chi connectivity index (χ2n) is 4.80. The molecule has 4 heteroatoms. The Bertz CT molecular complexity index is 751. The van der Waals surface area contributed by atoms with Crippen molar-refractivity contribution in [1.82, 2.24) is 10.3 Å². The zero-order chi connectivity index (χ0) is 14.1. The van der Waals surface area contributed by atoms with Gasteiger partial charge in [0.05, 0.1) is 6.04 Å². The molecule has 0 fully saturated rings. The molecule has 0 aliphatic carbocycles. The van der Waals surface area contributed by atoms with E-state index in [1.54, 1.807) is 6.20 Å². The molecule has 2 heterocycles. The Morgan fingerprint density at radius 1 is 1.25 bits per heavy atom. The SMILES string of the molecule is CNC(c1cncc(Br)c1)c1cc2cccc(C)c2o1. The average Bonchev–Trinajstić information content (AvgIpc) is 2.85. The minimum absolute atomic E-state index is 0.00759. The number of furan rings is 1. The summed E-state index contributed by atoms with van der Waals surface area (Å²) in [7, 11) is 1.92. The Hall–Kier alpha value is -1.65. The number of pyridine rings is 1. The van der Waals surface area contributed by atoms with Gasteiger partial charge in [-0.2, -0.15) is 0 Å². The third-order valence-electron chi connectivity index (χ3n) is 3.39. The number of halogens is 1. The molecule has 20 heavy (non-hydrogen) atoms. The number of para-hydroxylation sites is 1. The van der Waals surface area contributed by atoms with Gasteiger partial charge in [0.1, 0.15) is 11.3 Å². The van der Waals surface area contributed by atoms with Crippen molar-refractivity contribution >= 4 is 26.9 Å². The van der Waals surface area contributed by atoms with E-state index < -0.39 is 0 Å². The first kappa shape index (κ1) is 13.3. The molecule has 0 saturated heterocycles. The quantitative estimate of drug-likeness (QED) is 0.781. The highest BCUT2D eigenvalue weighted by Gasteiger charge is 2.18. The molecule has 0 aliphatic rings. The van der Waals surface area contributed by atoms with Crippen LogP contribution in [0.15, 0.2) is 51.6 Å². The lowest BCUT2D eigenvalue weighted by Crippen LogP contribution is -2.17. The van der Waals surface area contributed by atoms with Gasteiger partial charge in [-0.15, -0.1) is 0 Å². The Kier molecular flexibility index (Phi) is 3.59. The molecule has 0 saturated carbocycles. The highest BCUT2D eigenvalue weighted by Crippen LogP contribution is 2.30. The second-order valence-corrected chi connectivity index (χ2v) is 5.72. The number of aryl methyl sites for hydroxylation is 1. The van der Waals surface area contributed by atoms with Crippen LogP contribution in [-0.2, 0) is 0 Å². The minimum Gasteiger partial charge on any atom is -0.459 e. The molecule has 1 aromatic carbocycles. The smallest absolute Gasteiger partial charge is 0.137 e. The van der Waals surface area contributed by atoms with Gasteiger partial charge in [0.2, 0.25) is 0 Å². The van der Waals surface area contributed by atoms with Gasteiger partial charge in [0, 0.05) is 22.3 Å². The summed E-state index contributed by atoms with van der Waals surface area (Å²) in [6.45, 7) is 2.06. The summed E-state index contributed by atoms with van der Waals surface area (Å²) >= 11 is 3.46. The van der Waals surface area contributed by atoms with Crippen molar-refractivity contribution in [2.45, 2.75) is 13.0 Å². The van der Waals surface area contributed by atoms with Gasteiger partial charge in [0.25, 0.3) is 0 Å². The molecule has 102 valence electrons. The van der Waals surface area contributed by atoms with Gasteiger partial charge in [0.15, 0.2) is 0 Å². The fourth-order valence-corrected chi connectivity index (χ4v) is 2.81. The summed E-state index contributed by atoms with van der Waals surface area (Å²) in [6, 6.07) is 10.3. The van der Waals surface area contributed by atoms with Crippen LogP contribution in [-0.4, -0.2) is 12.0 Å². The summed E-state index contributed by atoms with van der Waals surface area (Å²) in [5, 5.41) is 4.42. The van der Waals surface area contributed by atoms with Gasteiger partial charge in [-0.3, -0.25) is 4.98 Å². The Balaban J connectivity index is 2.09. The monoisotopic (exact) mass is 330 g/mol. The van der Waals surface area contributed by atoms with E-state index in [1.165, 1.54) is 0 Å². The van der Waals surface area contributed by atoms with E-state index in [4.69, 9.17) is 4.42 Å². The zero-order valence-electron chi connectivity index (χ0n) is 11.4. The van der Waals surface area contributed by atoms with Crippen LogP contribution in [0.5, 0.6) is 0 Å². The first-order valence-electron chi connectivity index (χ1n) is 6.46. The maximum Gasteiger partial charge on any atom is 0.137 e. The standard InChI is InChI=1S/C16H15BrN2O/c1-10-4-3-5-11-7-14(20-16(10)11)15(18-2)12-6-13(17)9-19-8-12/h3-9,15,18H,1-2H3. The van der Waals surface area contributed by atoms with E-state index in [0.717, 1.165) is 32.3 Å².